The predicted octanol–water partition coefficient (Wildman–Crippen LogP) is 3.70. The van der Waals surface area contributed by atoms with E-state index in [4.69, 9.17) is 4.74 Å². The molecule has 0 bridgehead atoms. The molecule has 0 heterocycles. The number of aliphatic hydroxyl groups is 1. The zero-order valence-electron chi connectivity index (χ0n) is 13.2. The van der Waals surface area contributed by atoms with Crippen molar-refractivity contribution in [2.24, 2.45) is 0 Å². The van der Waals surface area contributed by atoms with Crippen LogP contribution < -0.4 is 0 Å². The van der Waals surface area contributed by atoms with E-state index in [1.165, 1.54) is 5.56 Å². The zero-order valence-corrected chi connectivity index (χ0v) is 13.2. The lowest BCUT2D eigenvalue weighted by Crippen LogP contribution is -2.42. The highest BCUT2D eigenvalue weighted by Gasteiger charge is 2.30. The van der Waals surface area contributed by atoms with Crippen LogP contribution in [0.4, 0.5) is 0 Å². The molecule has 1 N–H and O–H groups in total. The van der Waals surface area contributed by atoms with E-state index in [0.717, 1.165) is 12.0 Å². The van der Waals surface area contributed by atoms with Gasteiger partial charge in [0.05, 0.1) is 11.7 Å². The van der Waals surface area contributed by atoms with Gasteiger partial charge in [-0.3, -0.25) is 0 Å². The van der Waals surface area contributed by atoms with Gasteiger partial charge in [-0.1, -0.05) is 52.0 Å². The number of rotatable bonds is 5. The molecule has 1 aromatic carbocycles. The number of hydrogen-bond donors (Lipinski definition) is 1. The lowest BCUT2D eigenvalue weighted by atomic mass is 9.85. The molecule has 0 amide bonds. The van der Waals surface area contributed by atoms with Crippen LogP contribution in [0.25, 0.3) is 0 Å². The molecule has 2 atom stereocenters. The van der Waals surface area contributed by atoms with Gasteiger partial charge in [-0.15, -0.1) is 0 Å². The van der Waals surface area contributed by atoms with Crippen LogP contribution in [0.1, 0.15) is 52.2 Å². The summed E-state index contributed by atoms with van der Waals surface area (Å²) in [6.07, 6.45) is 0.941. The second-order valence-corrected chi connectivity index (χ2v) is 6.54. The van der Waals surface area contributed by atoms with E-state index in [2.05, 4.69) is 45.0 Å². The van der Waals surface area contributed by atoms with Crippen molar-refractivity contribution < 1.29 is 9.84 Å². The normalized spacial score (nSPS) is 17.0. The highest BCUT2D eigenvalue weighted by Crippen LogP contribution is 2.25. The Bertz CT molecular complexity index is 383. The van der Waals surface area contributed by atoms with E-state index < -0.39 is 11.7 Å². The number of methoxy groups -OCH3 is 1. The van der Waals surface area contributed by atoms with Crippen LogP contribution in [0.3, 0.4) is 0 Å². The van der Waals surface area contributed by atoms with Crippen LogP contribution in [0.15, 0.2) is 24.3 Å². The Kier molecular flexibility index (Phi) is 5.17. The summed E-state index contributed by atoms with van der Waals surface area (Å²) >= 11 is 0. The summed E-state index contributed by atoms with van der Waals surface area (Å²) in [5, 5.41) is 10.3. The van der Waals surface area contributed by atoms with Gasteiger partial charge in [-0.2, -0.15) is 0 Å². The summed E-state index contributed by atoms with van der Waals surface area (Å²) in [6.45, 7) is 10.6. The third-order valence-corrected chi connectivity index (χ3v) is 4.12. The fourth-order valence-corrected chi connectivity index (χ4v) is 2.10. The van der Waals surface area contributed by atoms with Crippen molar-refractivity contribution in [3.8, 4) is 0 Å². The molecular formula is C17H28O2. The molecule has 1 aromatic rings. The maximum Gasteiger partial charge on any atom is 0.0909 e. The standard InChI is InChI=1S/C17H28O2/c1-7-17(5,19-6)15(18)12-13-8-10-14(11-9-13)16(2,3)4/h8-11,15,18H,7,12H2,1-6H3. The third kappa shape index (κ3) is 4.05. The van der Waals surface area contributed by atoms with E-state index in [-0.39, 0.29) is 5.41 Å². The molecule has 2 heteroatoms. The minimum Gasteiger partial charge on any atom is -0.390 e. The van der Waals surface area contributed by atoms with Gasteiger partial charge < -0.3 is 9.84 Å². The van der Waals surface area contributed by atoms with Crippen molar-refractivity contribution in [2.45, 2.75) is 64.6 Å². The minimum absolute atomic E-state index is 0.168. The van der Waals surface area contributed by atoms with Crippen molar-refractivity contribution in [3.63, 3.8) is 0 Å². The molecule has 2 unspecified atom stereocenters. The zero-order chi connectivity index (χ0) is 14.7. The van der Waals surface area contributed by atoms with Crippen molar-refractivity contribution in [2.75, 3.05) is 7.11 Å². The van der Waals surface area contributed by atoms with E-state index in [1.807, 2.05) is 13.8 Å². The summed E-state index contributed by atoms with van der Waals surface area (Å²) in [5.41, 5.74) is 2.16. The quantitative estimate of drug-likeness (QED) is 0.878. The van der Waals surface area contributed by atoms with Crippen LogP contribution >= 0.6 is 0 Å². The average molecular weight is 264 g/mol. The Morgan fingerprint density at radius 2 is 1.63 bits per heavy atom. The molecule has 0 aliphatic rings. The van der Waals surface area contributed by atoms with Gasteiger partial charge >= 0.3 is 0 Å². The van der Waals surface area contributed by atoms with E-state index >= 15 is 0 Å². The molecule has 19 heavy (non-hydrogen) atoms. The van der Waals surface area contributed by atoms with Crippen LogP contribution in [0.2, 0.25) is 0 Å². The second kappa shape index (κ2) is 6.06. The molecule has 0 aliphatic heterocycles. The average Bonchev–Trinajstić information content (AvgIpc) is 2.37. The molecule has 108 valence electrons. The molecule has 2 nitrogen and oxygen atoms in total. The van der Waals surface area contributed by atoms with Crippen molar-refractivity contribution in [1.29, 1.82) is 0 Å². The fraction of sp³-hybridized carbons (Fsp3) is 0.647. The van der Waals surface area contributed by atoms with Crippen molar-refractivity contribution in [1.82, 2.24) is 0 Å². The molecule has 0 aliphatic carbocycles. The lowest BCUT2D eigenvalue weighted by Gasteiger charge is -2.32. The highest BCUT2D eigenvalue weighted by molar-refractivity contribution is 5.28. The number of aliphatic hydroxyl groups excluding tert-OH is 1. The molecule has 0 aromatic heterocycles. The van der Waals surface area contributed by atoms with E-state index in [9.17, 15) is 5.11 Å². The van der Waals surface area contributed by atoms with E-state index in [1.54, 1.807) is 7.11 Å². The molecule has 1 rings (SSSR count). The van der Waals surface area contributed by atoms with Gasteiger partial charge in [0.25, 0.3) is 0 Å². The van der Waals surface area contributed by atoms with Gasteiger partial charge in [0.2, 0.25) is 0 Å². The smallest absolute Gasteiger partial charge is 0.0909 e. The molecule has 0 spiro atoms. The van der Waals surface area contributed by atoms with Gasteiger partial charge in [0, 0.05) is 13.5 Å². The first kappa shape index (κ1) is 16.2. The Morgan fingerprint density at radius 1 is 1.11 bits per heavy atom. The fourth-order valence-electron chi connectivity index (χ4n) is 2.10. The molecular weight excluding hydrogens is 236 g/mol. The first-order valence-corrected chi connectivity index (χ1v) is 7.05. The van der Waals surface area contributed by atoms with Crippen molar-refractivity contribution in [3.05, 3.63) is 35.4 Å². The van der Waals surface area contributed by atoms with Crippen LogP contribution in [0.5, 0.6) is 0 Å². The summed E-state index contributed by atoms with van der Waals surface area (Å²) in [5.74, 6) is 0. The maximum absolute atomic E-state index is 10.3. The monoisotopic (exact) mass is 264 g/mol. The number of hydrogen-bond acceptors (Lipinski definition) is 2. The largest absolute Gasteiger partial charge is 0.390 e. The Balaban J connectivity index is 2.78. The first-order valence-electron chi connectivity index (χ1n) is 7.05. The number of ether oxygens (including phenoxy) is 1. The third-order valence-electron chi connectivity index (χ3n) is 4.12. The summed E-state index contributed by atoms with van der Waals surface area (Å²) in [6, 6.07) is 8.52. The van der Waals surface area contributed by atoms with Gasteiger partial charge in [-0.05, 0) is 29.9 Å². The Labute approximate surface area is 117 Å². The molecule has 0 saturated heterocycles. The Morgan fingerprint density at radius 3 is 2.00 bits per heavy atom. The molecule has 0 radical (unpaired) electrons. The topological polar surface area (TPSA) is 29.5 Å². The SMILES string of the molecule is CCC(C)(OC)C(O)Cc1ccc(C(C)(C)C)cc1. The predicted molar refractivity (Wildman–Crippen MR) is 80.6 cm³/mol. The van der Waals surface area contributed by atoms with Gasteiger partial charge in [0.15, 0.2) is 0 Å². The van der Waals surface area contributed by atoms with Crippen LogP contribution in [-0.4, -0.2) is 23.9 Å². The second-order valence-electron chi connectivity index (χ2n) is 6.54. The summed E-state index contributed by atoms with van der Waals surface area (Å²) in [4.78, 5) is 0. The first-order chi connectivity index (χ1) is 8.73. The Hall–Kier alpha value is -0.860. The summed E-state index contributed by atoms with van der Waals surface area (Å²) < 4.78 is 5.45. The lowest BCUT2D eigenvalue weighted by molar-refractivity contribution is -0.0914. The maximum atomic E-state index is 10.3. The minimum atomic E-state index is -0.483. The molecule has 0 saturated carbocycles. The number of benzene rings is 1. The summed E-state index contributed by atoms with van der Waals surface area (Å²) in [7, 11) is 1.66. The van der Waals surface area contributed by atoms with Crippen molar-refractivity contribution >= 4 is 0 Å². The van der Waals surface area contributed by atoms with Crippen LogP contribution in [0, 0.1) is 0 Å². The van der Waals surface area contributed by atoms with Gasteiger partial charge in [-0.25, -0.2) is 0 Å². The van der Waals surface area contributed by atoms with E-state index in [0.29, 0.717) is 6.42 Å². The molecule has 0 fully saturated rings. The van der Waals surface area contributed by atoms with Crippen LogP contribution in [-0.2, 0) is 16.6 Å². The highest BCUT2D eigenvalue weighted by atomic mass is 16.5. The van der Waals surface area contributed by atoms with Gasteiger partial charge in [0.1, 0.15) is 0 Å².